The maximum absolute atomic E-state index is 11.7. The fraction of sp³-hybridized carbons (Fsp3) is 1.00. The second-order valence-electron chi connectivity index (χ2n) is 4.57. The van der Waals surface area contributed by atoms with Gasteiger partial charge in [0.25, 0.3) is 0 Å². The molecule has 1 heterocycles. The van der Waals surface area contributed by atoms with Crippen LogP contribution in [-0.4, -0.2) is 55.1 Å². The molecule has 90 valence electrons. The van der Waals surface area contributed by atoms with E-state index in [2.05, 4.69) is 0 Å². The zero-order chi connectivity index (χ0) is 11.7. The second kappa shape index (κ2) is 4.61. The summed E-state index contributed by atoms with van der Waals surface area (Å²) in [6.45, 7) is 5.28. The van der Waals surface area contributed by atoms with Crippen LogP contribution in [0.2, 0.25) is 0 Å². The topological polar surface area (TPSA) is 63.4 Å². The molecule has 15 heavy (non-hydrogen) atoms. The normalized spacial score (nSPS) is 25.5. The minimum atomic E-state index is -3.02. The molecule has 1 aliphatic heterocycles. The van der Waals surface area contributed by atoms with Gasteiger partial charge in [0.2, 0.25) is 0 Å². The summed E-state index contributed by atoms with van der Waals surface area (Å²) in [6, 6.07) is 0. The van der Waals surface area contributed by atoms with E-state index in [4.69, 9.17) is 5.73 Å². The van der Waals surface area contributed by atoms with Crippen LogP contribution >= 0.6 is 11.8 Å². The molecule has 0 bridgehead atoms. The number of nitrogens with two attached hydrogens (primary N) is 1. The number of sulfone groups is 1. The van der Waals surface area contributed by atoms with Gasteiger partial charge in [-0.05, 0) is 13.8 Å². The molecule has 6 heteroatoms. The molecular weight excluding hydrogens is 232 g/mol. The van der Waals surface area contributed by atoms with Gasteiger partial charge in [-0.2, -0.15) is 11.8 Å². The molecule has 1 rings (SSSR count). The first-order valence-corrected chi connectivity index (χ1v) is 8.13. The van der Waals surface area contributed by atoms with Gasteiger partial charge in [-0.1, -0.05) is 0 Å². The van der Waals surface area contributed by atoms with Gasteiger partial charge in [-0.15, -0.1) is 0 Å². The Balaban J connectivity index is 2.93. The lowest BCUT2D eigenvalue weighted by atomic mass is 10.0. The number of hydrogen-bond donors (Lipinski definition) is 1. The zero-order valence-corrected chi connectivity index (χ0v) is 11.2. The first kappa shape index (κ1) is 13.3. The van der Waals surface area contributed by atoms with Crippen molar-refractivity contribution in [1.29, 1.82) is 0 Å². The molecule has 0 spiro atoms. The number of rotatable bonds is 3. The van der Waals surface area contributed by atoms with Crippen molar-refractivity contribution in [3.05, 3.63) is 0 Å². The third-order valence-electron chi connectivity index (χ3n) is 2.86. The standard InChI is InChI=1S/C9H20N2O2S2/c1-9(2,7-10)11-4-5-14-6-8(11)15(3,12)13/h8H,4-7,10H2,1-3H3. The maximum Gasteiger partial charge on any atom is 0.164 e. The Hall–Kier alpha value is 0.220. The van der Waals surface area contributed by atoms with E-state index in [0.29, 0.717) is 12.3 Å². The molecule has 0 aromatic heterocycles. The molecule has 0 radical (unpaired) electrons. The molecule has 0 aliphatic carbocycles. The number of thioether (sulfide) groups is 1. The van der Waals surface area contributed by atoms with Crippen LogP contribution in [0.15, 0.2) is 0 Å². The molecule has 2 N–H and O–H groups in total. The van der Waals surface area contributed by atoms with E-state index < -0.39 is 9.84 Å². The minimum Gasteiger partial charge on any atom is -0.329 e. The Morgan fingerprint density at radius 3 is 2.60 bits per heavy atom. The highest BCUT2D eigenvalue weighted by molar-refractivity contribution is 8.00. The van der Waals surface area contributed by atoms with Crippen molar-refractivity contribution < 1.29 is 8.42 Å². The van der Waals surface area contributed by atoms with E-state index in [9.17, 15) is 8.42 Å². The van der Waals surface area contributed by atoms with Crippen LogP contribution in [0.4, 0.5) is 0 Å². The lowest BCUT2D eigenvalue weighted by Crippen LogP contribution is -2.59. The molecule has 0 aromatic carbocycles. The van der Waals surface area contributed by atoms with Crippen LogP contribution in [0, 0.1) is 0 Å². The monoisotopic (exact) mass is 252 g/mol. The highest BCUT2D eigenvalue weighted by Crippen LogP contribution is 2.27. The molecule has 1 fully saturated rings. The third-order valence-corrected chi connectivity index (χ3v) is 5.50. The molecule has 1 atom stereocenters. The predicted octanol–water partition coefficient (Wildman–Crippen LogP) is 0.143. The van der Waals surface area contributed by atoms with Gasteiger partial charge < -0.3 is 5.73 Å². The van der Waals surface area contributed by atoms with Crippen molar-refractivity contribution in [2.24, 2.45) is 5.73 Å². The minimum absolute atomic E-state index is 0.241. The molecular formula is C9H20N2O2S2. The van der Waals surface area contributed by atoms with Crippen molar-refractivity contribution in [2.45, 2.75) is 24.8 Å². The summed E-state index contributed by atoms with van der Waals surface area (Å²) in [7, 11) is -3.02. The fourth-order valence-corrected chi connectivity index (χ4v) is 4.75. The zero-order valence-electron chi connectivity index (χ0n) is 9.56. The Morgan fingerprint density at radius 2 is 2.13 bits per heavy atom. The van der Waals surface area contributed by atoms with E-state index in [1.807, 2.05) is 18.7 Å². The van der Waals surface area contributed by atoms with Crippen LogP contribution < -0.4 is 5.73 Å². The summed E-state index contributed by atoms with van der Waals surface area (Å²) in [6.07, 6.45) is 1.31. The van der Waals surface area contributed by atoms with Gasteiger partial charge in [0.05, 0.1) is 0 Å². The largest absolute Gasteiger partial charge is 0.329 e. The van der Waals surface area contributed by atoms with Gasteiger partial charge in [0.15, 0.2) is 9.84 Å². The summed E-state index contributed by atoms with van der Waals surface area (Å²) in [5.41, 5.74) is 5.46. The number of nitrogens with zero attached hydrogens (tertiary/aromatic N) is 1. The van der Waals surface area contributed by atoms with E-state index in [1.54, 1.807) is 11.8 Å². The van der Waals surface area contributed by atoms with Gasteiger partial charge in [0.1, 0.15) is 5.37 Å². The Labute approximate surface area is 96.5 Å². The summed E-state index contributed by atoms with van der Waals surface area (Å²) in [5.74, 6) is 1.64. The Bertz CT molecular complexity index is 314. The van der Waals surface area contributed by atoms with Crippen LogP contribution in [0.5, 0.6) is 0 Å². The van der Waals surface area contributed by atoms with Crippen molar-refractivity contribution in [2.75, 3.05) is 30.9 Å². The van der Waals surface area contributed by atoms with E-state index >= 15 is 0 Å². The highest BCUT2D eigenvalue weighted by atomic mass is 32.2. The predicted molar refractivity (Wildman–Crippen MR) is 65.8 cm³/mol. The van der Waals surface area contributed by atoms with Gasteiger partial charge in [-0.3, -0.25) is 4.90 Å². The van der Waals surface area contributed by atoms with Crippen LogP contribution in [-0.2, 0) is 9.84 Å². The van der Waals surface area contributed by atoms with Crippen molar-refractivity contribution >= 4 is 21.6 Å². The number of hydrogen-bond acceptors (Lipinski definition) is 5. The summed E-state index contributed by atoms with van der Waals surface area (Å²) in [4.78, 5) is 2.03. The smallest absolute Gasteiger partial charge is 0.164 e. The maximum atomic E-state index is 11.7. The molecule has 0 amide bonds. The fourth-order valence-electron chi connectivity index (χ4n) is 1.75. The van der Waals surface area contributed by atoms with E-state index in [1.165, 1.54) is 6.26 Å². The van der Waals surface area contributed by atoms with E-state index in [0.717, 1.165) is 12.3 Å². The van der Waals surface area contributed by atoms with Crippen molar-refractivity contribution in [3.8, 4) is 0 Å². The Morgan fingerprint density at radius 1 is 1.53 bits per heavy atom. The first-order valence-electron chi connectivity index (χ1n) is 5.02. The lowest BCUT2D eigenvalue weighted by molar-refractivity contribution is 0.123. The SMILES string of the molecule is CC(C)(CN)N1CCSCC1S(C)(=O)=O. The van der Waals surface area contributed by atoms with Gasteiger partial charge in [-0.25, -0.2) is 8.42 Å². The Kier molecular flexibility index (Phi) is 4.08. The quantitative estimate of drug-likeness (QED) is 0.774. The van der Waals surface area contributed by atoms with E-state index in [-0.39, 0.29) is 10.9 Å². The van der Waals surface area contributed by atoms with Gasteiger partial charge in [0, 0.05) is 36.4 Å². The molecule has 1 aliphatic rings. The molecule has 1 unspecified atom stereocenters. The second-order valence-corrected chi connectivity index (χ2v) is 7.92. The average molecular weight is 252 g/mol. The van der Waals surface area contributed by atoms with Crippen molar-refractivity contribution in [1.82, 2.24) is 4.90 Å². The molecule has 0 saturated carbocycles. The van der Waals surface area contributed by atoms with Crippen molar-refractivity contribution in [3.63, 3.8) is 0 Å². The summed E-state index contributed by atoms with van der Waals surface area (Å²) >= 11 is 1.70. The summed E-state index contributed by atoms with van der Waals surface area (Å²) in [5, 5.41) is -0.380. The molecule has 1 saturated heterocycles. The lowest BCUT2D eigenvalue weighted by Gasteiger charge is -2.44. The summed E-state index contributed by atoms with van der Waals surface area (Å²) < 4.78 is 23.3. The molecule has 4 nitrogen and oxygen atoms in total. The third kappa shape index (κ3) is 3.09. The van der Waals surface area contributed by atoms with Crippen LogP contribution in [0.1, 0.15) is 13.8 Å². The average Bonchev–Trinajstić information content (AvgIpc) is 2.16. The first-order chi connectivity index (χ1) is 6.79. The highest BCUT2D eigenvalue weighted by Gasteiger charge is 2.38. The van der Waals surface area contributed by atoms with Crippen LogP contribution in [0.25, 0.3) is 0 Å². The molecule has 0 aromatic rings. The van der Waals surface area contributed by atoms with Crippen LogP contribution in [0.3, 0.4) is 0 Å². The van der Waals surface area contributed by atoms with Gasteiger partial charge >= 0.3 is 0 Å².